The molecule has 82 valence electrons. The summed E-state index contributed by atoms with van der Waals surface area (Å²) >= 11 is 0. The molecule has 2 aromatic rings. The quantitative estimate of drug-likeness (QED) is 0.766. The summed E-state index contributed by atoms with van der Waals surface area (Å²) in [5.41, 5.74) is 6.32. The number of aromatic nitrogens is 3. The van der Waals surface area contributed by atoms with Gasteiger partial charge in [-0.3, -0.25) is 4.79 Å². The summed E-state index contributed by atoms with van der Waals surface area (Å²) in [6.45, 7) is 1.90. The summed E-state index contributed by atoms with van der Waals surface area (Å²) in [5.74, 6) is -0.141. The van der Waals surface area contributed by atoms with Crippen LogP contribution in [0.4, 0.5) is 11.6 Å². The second kappa shape index (κ2) is 3.97. The van der Waals surface area contributed by atoms with Gasteiger partial charge in [0.2, 0.25) is 11.5 Å². The molecule has 0 saturated carbocycles. The van der Waals surface area contributed by atoms with E-state index in [1.165, 1.54) is 0 Å². The van der Waals surface area contributed by atoms with Crippen molar-refractivity contribution in [2.75, 3.05) is 11.1 Å². The molecule has 0 atom stereocenters. The molecule has 0 saturated heterocycles. The highest BCUT2D eigenvalue weighted by molar-refractivity contribution is 6.04. The number of nitrogens with zero attached hydrogens (tertiary/aromatic N) is 3. The van der Waals surface area contributed by atoms with Crippen molar-refractivity contribution >= 4 is 17.5 Å². The van der Waals surface area contributed by atoms with Crippen LogP contribution in [-0.2, 0) is 0 Å². The van der Waals surface area contributed by atoms with Gasteiger partial charge in [0.15, 0.2) is 0 Å². The van der Waals surface area contributed by atoms with Gasteiger partial charge in [-0.1, -0.05) is 6.07 Å². The molecule has 7 nitrogen and oxygen atoms in total. The summed E-state index contributed by atoms with van der Waals surface area (Å²) in [6, 6.07) is 3.50. The van der Waals surface area contributed by atoms with Crippen LogP contribution in [0.5, 0.6) is 0 Å². The molecule has 0 unspecified atom stereocenters. The Labute approximate surface area is 90.6 Å². The maximum absolute atomic E-state index is 11.6. The van der Waals surface area contributed by atoms with Gasteiger partial charge in [0.05, 0.1) is 0 Å². The van der Waals surface area contributed by atoms with E-state index in [1.54, 1.807) is 12.3 Å². The first kappa shape index (κ1) is 10.1. The summed E-state index contributed by atoms with van der Waals surface area (Å²) in [5, 5.41) is 9.20. The lowest BCUT2D eigenvalue weighted by Gasteiger charge is -2.01. The third-order valence-corrected chi connectivity index (χ3v) is 1.88. The minimum atomic E-state index is -0.505. The van der Waals surface area contributed by atoms with E-state index in [0.717, 1.165) is 5.56 Å². The molecule has 7 heteroatoms. The fourth-order valence-corrected chi connectivity index (χ4v) is 1.07. The lowest BCUT2D eigenvalue weighted by molar-refractivity contribution is 0.101. The number of hydrogen-bond acceptors (Lipinski definition) is 6. The predicted molar refractivity (Wildman–Crippen MR) is 55.6 cm³/mol. The standard InChI is InChI=1S/C9H9N5O2/c1-5-2-3-6(11-4-5)12-9(15)7-8(10)14-16-13-7/h2-4H,1H3,(H2,10,14)(H,11,12,15). The number of nitrogens with one attached hydrogen (secondary N) is 1. The molecular formula is C9H9N5O2. The third-order valence-electron chi connectivity index (χ3n) is 1.88. The highest BCUT2D eigenvalue weighted by Gasteiger charge is 2.16. The van der Waals surface area contributed by atoms with E-state index in [9.17, 15) is 4.79 Å². The first-order chi connectivity index (χ1) is 7.66. The van der Waals surface area contributed by atoms with Crippen molar-refractivity contribution in [1.82, 2.24) is 15.3 Å². The molecule has 0 aliphatic rings. The molecule has 0 bridgehead atoms. The van der Waals surface area contributed by atoms with Gasteiger partial charge in [-0.2, -0.15) is 0 Å². The Balaban J connectivity index is 2.14. The van der Waals surface area contributed by atoms with Crippen molar-refractivity contribution < 1.29 is 9.42 Å². The molecule has 0 aromatic carbocycles. The number of anilines is 2. The Hall–Kier alpha value is -2.44. The van der Waals surface area contributed by atoms with Gasteiger partial charge in [0, 0.05) is 6.20 Å². The summed E-state index contributed by atoms with van der Waals surface area (Å²) in [4.78, 5) is 15.6. The molecule has 0 aliphatic carbocycles. The fourth-order valence-electron chi connectivity index (χ4n) is 1.07. The number of rotatable bonds is 2. The fraction of sp³-hybridized carbons (Fsp3) is 0.111. The van der Waals surface area contributed by atoms with Gasteiger partial charge in [0.25, 0.3) is 5.91 Å². The van der Waals surface area contributed by atoms with E-state index >= 15 is 0 Å². The lowest BCUT2D eigenvalue weighted by Crippen LogP contribution is -2.15. The average Bonchev–Trinajstić information content (AvgIpc) is 2.68. The topological polar surface area (TPSA) is 107 Å². The second-order valence-electron chi connectivity index (χ2n) is 3.17. The number of pyridine rings is 1. The van der Waals surface area contributed by atoms with Crippen molar-refractivity contribution in [3.8, 4) is 0 Å². The first-order valence-corrected chi connectivity index (χ1v) is 4.49. The van der Waals surface area contributed by atoms with Gasteiger partial charge in [0.1, 0.15) is 5.82 Å². The van der Waals surface area contributed by atoms with E-state index in [2.05, 4.69) is 25.2 Å². The van der Waals surface area contributed by atoms with Gasteiger partial charge in [-0.15, -0.1) is 0 Å². The highest BCUT2D eigenvalue weighted by atomic mass is 16.6. The first-order valence-electron chi connectivity index (χ1n) is 4.49. The molecule has 3 N–H and O–H groups in total. The van der Waals surface area contributed by atoms with Crippen LogP contribution >= 0.6 is 0 Å². The van der Waals surface area contributed by atoms with Gasteiger partial charge in [-0.25, -0.2) is 9.61 Å². The molecule has 2 rings (SSSR count). The molecule has 2 aromatic heterocycles. The largest absolute Gasteiger partial charge is 0.379 e. The van der Waals surface area contributed by atoms with E-state index in [1.807, 2.05) is 13.0 Å². The molecule has 0 radical (unpaired) electrons. The molecule has 0 aliphatic heterocycles. The minimum absolute atomic E-state index is 0.0513. The van der Waals surface area contributed by atoms with Gasteiger partial charge < -0.3 is 11.1 Å². The predicted octanol–water partition coefficient (Wildman–Crippen LogP) is 0.608. The number of amides is 1. The molecule has 1 amide bonds. The monoisotopic (exact) mass is 219 g/mol. The van der Waals surface area contributed by atoms with Crippen LogP contribution in [0.15, 0.2) is 23.0 Å². The van der Waals surface area contributed by atoms with E-state index < -0.39 is 5.91 Å². The molecule has 16 heavy (non-hydrogen) atoms. The van der Waals surface area contributed by atoms with Crippen LogP contribution in [0.25, 0.3) is 0 Å². The Morgan fingerprint density at radius 3 is 2.81 bits per heavy atom. The maximum atomic E-state index is 11.6. The minimum Gasteiger partial charge on any atom is -0.379 e. The normalized spacial score (nSPS) is 10.1. The smallest absolute Gasteiger partial charge is 0.282 e. The van der Waals surface area contributed by atoms with E-state index in [0.29, 0.717) is 5.82 Å². The number of carbonyl (C=O) groups is 1. The molecular weight excluding hydrogens is 210 g/mol. The van der Waals surface area contributed by atoms with Crippen LogP contribution in [-0.4, -0.2) is 21.2 Å². The lowest BCUT2D eigenvalue weighted by atomic mass is 10.3. The Kier molecular flexibility index (Phi) is 2.50. The Morgan fingerprint density at radius 2 is 2.25 bits per heavy atom. The van der Waals surface area contributed by atoms with Crippen molar-refractivity contribution in [1.29, 1.82) is 0 Å². The van der Waals surface area contributed by atoms with Crippen molar-refractivity contribution in [2.45, 2.75) is 6.92 Å². The van der Waals surface area contributed by atoms with Gasteiger partial charge >= 0.3 is 0 Å². The number of aryl methyl sites for hydroxylation is 1. The average molecular weight is 219 g/mol. The highest BCUT2D eigenvalue weighted by Crippen LogP contribution is 2.09. The SMILES string of the molecule is Cc1ccc(NC(=O)c2nonc2N)nc1. The Morgan fingerprint density at radius 1 is 1.44 bits per heavy atom. The summed E-state index contributed by atoms with van der Waals surface area (Å²) in [6.07, 6.45) is 1.64. The number of nitrogens with two attached hydrogens (primary N) is 1. The van der Waals surface area contributed by atoms with Crippen molar-refractivity contribution in [2.24, 2.45) is 0 Å². The summed E-state index contributed by atoms with van der Waals surface area (Å²) in [7, 11) is 0. The van der Waals surface area contributed by atoms with Crippen LogP contribution in [0.2, 0.25) is 0 Å². The van der Waals surface area contributed by atoms with Crippen LogP contribution in [0.1, 0.15) is 16.1 Å². The molecule has 0 spiro atoms. The summed E-state index contributed by atoms with van der Waals surface area (Å²) < 4.78 is 4.32. The zero-order valence-electron chi connectivity index (χ0n) is 8.47. The van der Waals surface area contributed by atoms with Gasteiger partial charge in [-0.05, 0) is 28.9 Å². The van der Waals surface area contributed by atoms with Crippen molar-refractivity contribution in [3.63, 3.8) is 0 Å². The van der Waals surface area contributed by atoms with Crippen molar-refractivity contribution in [3.05, 3.63) is 29.6 Å². The number of hydrogen-bond donors (Lipinski definition) is 2. The Bertz CT molecular complexity index is 505. The second-order valence-corrected chi connectivity index (χ2v) is 3.17. The molecule has 2 heterocycles. The zero-order chi connectivity index (χ0) is 11.5. The zero-order valence-corrected chi connectivity index (χ0v) is 8.47. The van der Waals surface area contributed by atoms with E-state index in [4.69, 9.17) is 5.73 Å². The maximum Gasteiger partial charge on any atom is 0.282 e. The van der Waals surface area contributed by atoms with Crippen LogP contribution in [0.3, 0.4) is 0 Å². The van der Waals surface area contributed by atoms with Crippen LogP contribution < -0.4 is 11.1 Å². The third kappa shape index (κ3) is 1.97. The van der Waals surface area contributed by atoms with E-state index in [-0.39, 0.29) is 11.5 Å². The molecule has 0 fully saturated rings. The number of nitrogen functional groups attached to an aromatic ring is 1. The van der Waals surface area contributed by atoms with Crippen LogP contribution in [0, 0.1) is 6.92 Å². The number of carbonyl (C=O) groups excluding carboxylic acids is 1.